The fourth-order valence-corrected chi connectivity index (χ4v) is 6.78. The van der Waals surface area contributed by atoms with Crippen molar-refractivity contribution in [2.45, 2.75) is 42.5 Å². The second kappa shape index (κ2) is 11.4. The second-order valence-electron chi connectivity index (χ2n) is 9.45. The number of piperidine rings is 1. The first-order valence-electron chi connectivity index (χ1n) is 12.6. The van der Waals surface area contributed by atoms with E-state index in [1.807, 2.05) is 0 Å². The summed E-state index contributed by atoms with van der Waals surface area (Å²) in [6.45, 7) is 1.08. The number of para-hydroxylation sites is 1. The van der Waals surface area contributed by atoms with Crippen molar-refractivity contribution in [2.24, 2.45) is 0 Å². The Morgan fingerprint density at radius 1 is 1.08 bits per heavy atom. The van der Waals surface area contributed by atoms with E-state index in [0.29, 0.717) is 36.2 Å². The van der Waals surface area contributed by atoms with Crippen LogP contribution >= 0.6 is 0 Å². The predicted molar refractivity (Wildman–Crippen MR) is 138 cm³/mol. The number of ether oxygens (including phenoxy) is 4. The molecule has 2 aromatic heterocycles. The summed E-state index contributed by atoms with van der Waals surface area (Å²) in [5.74, 6) is 0.922. The molecule has 0 radical (unpaired) electrons. The monoisotopic (exact) mass is 562 g/mol. The van der Waals surface area contributed by atoms with Crippen LogP contribution in [-0.2, 0) is 25.1 Å². The van der Waals surface area contributed by atoms with Crippen molar-refractivity contribution in [1.29, 1.82) is 0 Å². The number of sulfone groups is 1. The Kier molecular flexibility index (Phi) is 7.96. The lowest BCUT2D eigenvalue weighted by molar-refractivity contribution is 0.0897. The molecule has 0 aliphatic carbocycles. The first kappa shape index (κ1) is 27.2. The van der Waals surface area contributed by atoms with Crippen molar-refractivity contribution in [1.82, 2.24) is 24.7 Å². The summed E-state index contributed by atoms with van der Waals surface area (Å²) >= 11 is 0. The van der Waals surface area contributed by atoms with Crippen LogP contribution in [0.1, 0.15) is 37.0 Å². The first-order chi connectivity index (χ1) is 18.8. The summed E-state index contributed by atoms with van der Waals surface area (Å²) in [5.41, 5.74) is 0.503. The Morgan fingerprint density at radius 2 is 1.79 bits per heavy atom. The van der Waals surface area contributed by atoms with Crippen molar-refractivity contribution in [3.8, 4) is 17.2 Å². The molecule has 2 aliphatic rings. The van der Waals surface area contributed by atoms with Gasteiger partial charge in [-0.15, -0.1) is 10.2 Å². The molecule has 2 aliphatic heterocycles. The standard InChI is InChI=1S/C25H31FN6O6S/c1-35-17-10-18(14-31(13-17)25-27-11-16(26)12-28-25)39(33,34)15-22-29-30-24(21-8-5-9-38-21)32(22)23-19(36-2)6-4-7-20(23)37-3/h4,6-7,11-12,17-18,21H,5,8-10,13-15H2,1-3H3/t17-,18+,21-/m1/s1. The van der Waals surface area contributed by atoms with Gasteiger partial charge in [-0.1, -0.05) is 6.07 Å². The van der Waals surface area contributed by atoms with Gasteiger partial charge in [-0.2, -0.15) is 0 Å². The molecule has 0 amide bonds. The van der Waals surface area contributed by atoms with Gasteiger partial charge in [-0.05, 0) is 31.4 Å². The van der Waals surface area contributed by atoms with E-state index in [1.54, 1.807) is 27.7 Å². The van der Waals surface area contributed by atoms with E-state index in [2.05, 4.69) is 20.2 Å². The quantitative estimate of drug-likeness (QED) is 0.381. The third kappa shape index (κ3) is 5.54. The summed E-state index contributed by atoms with van der Waals surface area (Å²) in [4.78, 5) is 9.76. The van der Waals surface area contributed by atoms with Gasteiger partial charge in [0.05, 0.1) is 38.0 Å². The topological polar surface area (TPSA) is 131 Å². The summed E-state index contributed by atoms with van der Waals surface area (Å²) in [5, 5.41) is 7.89. The Bertz CT molecular complexity index is 1370. The van der Waals surface area contributed by atoms with Gasteiger partial charge < -0.3 is 23.8 Å². The lowest BCUT2D eigenvalue weighted by Crippen LogP contribution is -2.50. The van der Waals surface area contributed by atoms with Crippen molar-refractivity contribution in [3.05, 3.63) is 48.1 Å². The zero-order valence-electron chi connectivity index (χ0n) is 22.0. The SMILES string of the molecule is COc1cccc(OC)c1-n1c(CS(=O)(=O)[C@H]2C[C@@H](OC)CN(c3ncc(F)cn3)C2)nnc1[C@H]1CCCO1. The Hall–Kier alpha value is -3.36. The van der Waals surface area contributed by atoms with Crippen molar-refractivity contribution in [3.63, 3.8) is 0 Å². The van der Waals surface area contributed by atoms with Crippen molar-refractivity contribution >= 4 is 15.8 Å². The van der Waals surface area contributed by atoms with Crippen LogP contribution in [0.25, 0.3) is 5.69 Å². The Labute approximate surface area is 226 Å². The zero-order valence-corrected chi connectivity index (χ0v) is 22.8. The third-order valence-electron chi connectivity index (χ3n) is 7.03. The lowest BCUT2D eigenvalue weighted by atomic mass is 10.1. The highest BCUT2D eigenvalue weighted by Crippen LogP contribution is 2.38. The minimum Gasteiger partial charge on any atom is -0.494 e. The molecule has 3 aromatic rings. The maximum Gasteiger partial charge on any atom is 0.225 e. The largest absolute Gasteiger partial charge is 0.494 e. The molecule has 5 rings (SSSR count). The minimum atomic E-state index is -3.81. The van der Waals surface area contributed by atoms with Crippen molar-refractivity contribution in [2.75, 3.05) is 45.9 Å². The molecule has 2 saturated heterocycles. The summed E-state index contributed by atoms with van der Waals surface area (Å²) in [7, 11) is 0.787. The molecule has 3 atom stereocenters. The van der Waals surface area contributed by atoms with Gasteiger partial charge in [-0.25, -0.2) is 22.8 Å². The number of anilines is 1. The van der Waals surface area contributed by atoms with Crippen LogP contribution in [-0.4, -0.2) is 85.5 Å². The highest BCUT2D eigenvalue weighted by Gasteiger charge is 2.39. The molecule has 0 spiro atoms. The van der Waals surface area contributed by atoms with Gasteiger partial charge in [0.25, 0.3) is 0 Å². The first-order valence-corrected chi connectivity index (χ1v) is 14.3. The molecule has 4 heterocycles. The number of hydrogen-bond acceptors (Lipinski definition) is 11. The summed E-state index contributed by atoms with van der Waals surface area (Å²) in [6.07, 6.45) is 3.24. The van der Waals surface area contributed by atoms with Crippen LogP contribution in [0, 0.1) is 5.82 Å². The Morgan fingerprint density at radius 3 is 2.41 bits per heavy atom. The van der Waals surface area contributed by atoms with Crippen LogP contribution in [0.5, 0.6) is 11.5 Å². The molecule has 1 aromatic carbocycles. The highest BCUT2D eigenvalue weighted by atomic mass is 32.2. The normalized spacial score (nSPS) is 21.7. The number of benzene rings is 1. The van der Waals surface area contributed by atoms with Gasteiger partial charge in [0.2, 0.25) is 5.95 Å². The van der Waals surface area contributed by atoms with Crippen LogP contribution in [0.4, 0.5) is 10.3 Å². The molecule has 14 heteroatoms. The molecular formula is C25H31FN6O6S. The zero-order chi connectivity index (χ0) is 27.6. The van der Waals surface area contributed by atoms with E-state index in [4.69, 9.17) is 18.9 Å². The molecule has 210 valence electrons. The maximum absolute atomic E-state index is 13.9. The molecule has 0 unspecified atom stereocenters. The molecule has 0 bridgehead atoms. The average molecular weight is 563 g/mol. The number of halogens is 1. The molecule has 0 saturated carbocycles. The molecule has 2 fully saturated rings. The summed E-state index contributed by atoms with van der Waals surface area (Å²) in [6, 6.07) is 5.31. The van der Waals surface area contributed by atoms with E-state index in [0.717, 1.165) is 25.2 Å². The van der Waals surface area contributed by atoms with Gasteiger partial charge in [-0.3, -0.25) is 4.57 Å². The van der Waals surface area contributed by atoms with E-state index < -0.39 is 26.7 Å². The number of rotatable bonds is 9. The van der Waals surface area contributed by atoms with Gasteiger partial charge in [0.15, 0.2) is 27.3 Å². The van der Waals surface area contributed by atoms with Gasteiger partial charge in [0, 0.05) is 26.8 Å². The predicted octanol–water partition coefficient (Wildman–Crippen LogP) is 2.27. The smallest absolute Gasteiger partial charge is 0.225 e. The van der Waals surface area contributed by atoms with E-state index >= 15 is 0 Å². The van der Waals surface area contributed by atoms with Gasteiger partial charge in [0.1, 0.15) is 29.0 Å². The Balaban J connectivity index is 1.52. The minimum absolute atomic E-state index is 0.124. The van der Waals surface area contributed by atoms with E-state index in [1.165, 1.54) is 21.3 Å². The fraction of sp³-hybridized carbons (Fsp3) is 0.520. The number of aromatic nitrogens is 5. The fourth-order valence-electron chi connectivity index (χ4n) is 5.08. The maximum atomic E-state index is 13.9. The molecule has 0 N–H and O–H groups in total. The highest BCUT2D eigenvalue weighted by molar-refractivity contribution is 7.91. The van der Waals surface area contributed by atoms with Crippen molar-refractivity contribution < 1.29 is 31.8 Å². The average Bonchev–Trinajstić information content (AvgIpc) is 3.62. The van der Waals surface area contributed by atoms with E-state index in [-0.39, 0.29) is 36.9 Å². The van der Waals surface area contributed by atoms with Crippen LogP contribution in [0.15, 0.2) is 30.6 Å². The number of methoxy groups -OCH3 is 3. The van der Waals surface area contributed by atoms with Crippen LogP contribution in [0.3, 0.4) is 0 Å². The number of nitrogens with zero attached hydrogens (tertiary/aromatic N) is 6. The van der Waals surface area contributed by atoms with Crippen LogP contribution in [0.2, 0.25) is 0 Å². The molecular weight excluding hydrogens is 531 g/mol. The lowest BCUT2D eigenvalue weighted by Gasteiger charge is -2.36. The van der Waals surface area contributed by atoms with E-state index in [9.17, 15) is 12.8 Å². The number of hydrogen-bond donors (Lipinski definition) is 0. The summed E-state index contributed by atoms with van der Waals surface area (Å²) < 4.78 is 65.6. The van der Waals surface area contributed by atoms with Crippen LogP contribution < -0.4 is 14.4 Å². The molecule has 12 nitrogen and oxygen atoms in total. The van der Waals surface area contributed by atoms with Gasteiger partial charge >= 0.3 is 0 Å². The molecule has 39 heavy (non-hydrogen) atoms. The third-order valence-corrected chi connectivity index (χ3v) is 9.05. The second-order valence-corrected chi connectivity index (χ2v) is 11.7.